The molecule has 1 aromatic rings. The maximum absolute atomic E-state index is 5.55. The largest absolute Gasteiger partial charge is 0.494 e. The third-order valence-corrected chi connectivity index (χ3v) is 8.62. The number of benzene rings is 1. The predicted molar refractivity (Wildman–Crippen MR) is 122 cm³/mol. The summed E-state index contributed by atoms with van der Waals surface area (Å²) in [6.07, 6.45) is 18.7. The van der Waals surface area contributed by atoms with Crippen LogP contribution in [0.25, 0.3) is 0 Å². The lowest BCUT2D eigenvalue weighted by molar-refractivity contribution is -0.0379. The van der Waals surface area contributed by atoms with Crippen molar-refractivity contribution in [2.75, 3.05) is 6.61 Å². The Hall–Kier alpha value is -1.42. The van der Waals surface area contributed by atoms with Gasteiger partial charge in [-0.05, 0) is 99.8 Å². The highest BCUT2D eigenvalue weighted by Crippen LogP contribution is 2.62. The summed E-state index contributed by atoms with van der Waals surface area (Å²) in [6, 6.07) is 8.33. The lowest BCUT2D eigenvalue weighted by Crippen LogP contribution is -2.45. The Bertz CT molecular complexity index is 686. The van der Waals surface area contributed by atoms with Crippen molar-refractivity contribution in [3.05, 3.63) is 29.8 Å². The Balaban J connectivity index is 1.33. The van der Waals surface area contributed by atoms with E-state index in [9.17, 15) is 0 Å². The van der Waals surface area contributed by atoms with Crippen molar-refractivity contribution in [2.45, 2.75) is 97.3 Å². The van der Waals surface area contributed by atoms with Crippen molar-refractivity contribution in [3.63, 3.8) is 0 Å². The van der Waals surface area contributed by atoms with Crippen molar-refractivity contribution < 1.29 is 4.74 Å². The first-order valence-corrected chi connectivity index (χ1v) is 12.4. The van der Waals surface area contributed by atoms with Crippen LogP contribution >= 0.6 is 0 Å². The topological polar surface area (TPSA) is 9.23 Å². The minimum Gasteiger partial charge on any atom is -0.494 e. The van der Waals surface area contributed by atoms with E-state index in [1.807, 2.05) is 6.92 Å². The molecule has 1 aromatic carbocycles. The predicted octanol–water partition coefficient (Wildman–Crippen LogP) is 7.77. The van der Waals surface area contributed by atoms with Gasteiger partial charge in [0.2, 0.25) is 0 Å². The van der Waals surface area contributed by atoms with E-state index in [2.05, 4.69) is 43.0 Å². The third kappa shape index (κ3) is 4.68. The van der Waals surface area contributed by atoms with Crippen molar-refractivity contribution >= 4 is 0 Å². The van der Waals surface area contributed by atoms with Gasteiger partial charge >= 0.3 is 0 Å². The lowest BCUT2D eigenvalue weighted by Gasteiger charge is -2.56. The SMILES string of the molecule is CCCC[C@H]1CC[C@H](C23CCC(C#Cc4ccc(OCC)cc4)(CC2)CC3)CC1. The fraction of sp³-hybridized carbons (Fsp3) is 0.714. The first-order valence-electron chi connectivity index (χ1n) is 12.4. The molecule has 0 atom stereocenters. The Labute approximate surface area is 179 Å². The van der Waals surface area contributed by atoms with Crippen molar-refractivity contribution in [3.8, 4) is 17.6 Å². The van der Waals surface area contributed by atoms with E-state index >= 15 is 0 Å². The van der Waals surface area contributed by atoms with Crippen LogP contribution in [0.5, 0.6) is 5.75 Å². The molecule has 4 aliphatic rings. The summed E-state index contributed by atoms with van der Waals surface area (Å²) in [6.45, 7) is 5.08. The van der Waals surface area contributed by atoms with E-state index in [-0.39, 0.29) is 0 Å². The van der Waals surface area contributed by atoms with Crippen LogP contribution in [-0.4, -0.2) is 6.61 Å². The Morgan fingerprint density at radius 1 is 0.897 bits per heavy atom. The molecule has 0 unspecified atom stereocenters. The summed E-state index contributed by atoms with van der Waals surface area (Å²) < 4.78 is 5.55. The van der Waals surface area contributed by atoms with Gasteiger partial charge < -0.3 is 4.74 Å². The quantitative estimate of drug-likeness (QED) is 0.449. The van der Waals surface area contributed by atoms with E-state index in [0.717, 1.165) is 29.8 Å². The number of hydrogen-bond donors (Lipinski definition) is 0. The van der Waals surface area contributed by atoms with Crippen LogP contribution < -0.4 is 4.74 Å². The number of ether oxygens (including phenoxy) is 1. The smallest absolute Gasteiger partial charge is 0.119 e. The van der Waals surface area contributed by atoms with E-state index < -0.39 is 0 Å². The molecule has 1 nitrogen and oxygen atoms in total. The van der Waals surface area contributed by atoms with Crippen molar-refractivity contribution in [2.24, 2.45) is 22.7 Å². The molecule has 0 spiro atoms. The molecule has 0 amide bonds. The average molecular weight is 393 g/mol. The zero-order chi connectivity index (χ0) is 20.2. The third-order valence-electron chi connectivity index (χ3n) is 8.62. The summed E-state index contributed by atoms with van der Waals surface area (Å²) >= 11 is 0. The molecule has 0 heterocycles. The van der Waals surface area contributed by atoms with Gasteiger partial charge in [-0.25, -0.2) is 0 Å². The summed E-state index contributed by atoms with van der Waals surface area (Å²) in [4.78, 5) is 0. The van der Waals surface area contributed by atoms with Crippen LogP contribution in [0.2, 0.25) is 0 Å². The molecule has 0 radical (unpaired) electrons. The molecule has 0 aliphatic heterocycles. The van der Waals surface area contributed by atoms with E-state index in [1.54, 1.807) is 0 Å². The molecule has 4 aliphatic carbocycles. The summed E-state index contributed by atoms with van der Waals surface area (Å²) in [7, 11) is 0. The van der Waals surface area contributed by atoms with Gasteiger partial charge in [-0.15, -0.1) is 0 Å². The minimum atomic E-state index is 0.304. The van der Waals surface area contributed by atoms with E-state index in [4.69, 9.17) is 4.74 Å². The number of unbranched alkanes of at least 4 members (excludes halogenated alkanes) is 1. The van der Waals surface area contributed by atoms with Gasteiger partial charge in [-0.3, -0.25) is 0 Å². The fourth-order valence-corrected chi connectivity index (χ4v) is 6.58. The summed E-state index contributed by atoms with van der Waals surface area (Å²) in [5.41, 5.74) is 2.12. The van der Waals surface area contributed by atoms with Crippen LogP contribution in [0.3, 0.4) is 0 Å². The van der Waals surface area contributed by atoms with Gasteiger partial charge in [0.15, 0.2) is 0 Å². The molecule has 0 saturated heterocycles. The van der Waals surface area contributed by atoms with Gasteiger partial charge in [0, 0.05) is 11.0 Å². The van der Waals surface area contributed by atoms with Crippen LogP contribution in [0.4, 0.5) is 0 Å². The number of rotatable bonds is 6. The second kappa shape index (κ2) is 9.16. The highest BCUT2D eigenvalue weighted by molar-refractivity contribution is 5.39. The standard InChI is InChI=1S/C28H40O/c1-3-5-6-23-7-11-25(12-8-23)28-20-17-27(18-21-28,19-22-28)16-15-24-9-13-26(14-10-24)29-4-2/h9-10,13-14,23,25H,3-8,11-12,17-22H2,1-2H3/t23-,25-,27?,28?. The van der Waals surface area contributed by atoms with Crippen LogP contribution in [0, 0.1) is 34.5 Å². The molecular weight excluding hydrogens is 352 g/mol. The molecule has 4 saturated carbocycles. The van der Waals surface area contributed by atoms with Gasteiger partial charge in [-0.2, -0.15) is 0 Å². The normalized spacial score (nSPS) is 33.7. The highest BCUT2D eigenvalue weighted by atomic mass is 16.5. The van der Waals surface area contributed by atoms with Gasteiger partial charge in [0.25, 0.3) is 0 Å². The number of hydrogen-bond acceptors (Lipinski definition) is 1. The van der Waals surface area contributed by atoms with Gasteiger partial charge in [0.05, 0.1) is 6.61 Å². The maximum atomic E-state index is 5.55. The molecule has 2 bridgehead atoms. The molecular formula is C28H40O. The van der Waals surface area contributed by atoms with Crippen LogP contribution in [0.1, 0.15) is 103 Å². The van der Waals surface area contributed by atoms with Gasteiger partial charge in [0.1, 0.15) is 5.75 Å². The molecule has 0 N–H and O–H groups in total. The van der Waals surface area contributed by atoms with Crippen LogP contribution in [0.15, 0.2) is 24.3 Å². The molecule has 0 aromatic heterocycles. The molecule has 158 valence electrons. The monoisotopic (exact) mass is 392 g/mol. The molecule has 5 rings (SSSR count). The zero-order valence-corrected chi connectivity index (χ0v) is 18.8. The Morgan fingerprint density at radius 2 is 1.55 bits per heavy atom. The second-order valence-corrected chi connectivity index (χ2v) is 10.2. The number of fused-ring (bicyclic) bond motifs is 3. The minimum absolute atomic E-state index is 0.304. The zero-order valence-electron chi connectivity index (χ0n) is 18.8. The highest BCUT2D eigenvalue weighted by Gasteiger charge is 2.51. The Kier molecular flexibility index (Phi) is 6.58. The first kappa shape index (κ1) is 20.8. The van der Waals surface area contributed by atoms with Crippen molar-refractivity contribution in [1.82, 2.24) is 0 Å². The van der Waals surface area contributed by atoms with E-state index in [0.29, 0.717) is 10.8 Å². The second-order valence-electron chi connectivity index (χ2n) is 10.2. The molecule has 29 heavy (non-hydrogen) atoms. The molecule has 1 heteroatoms. The average Bonchev–Trinajstić information content (AvgIpc) is 2.79. The maximum Gasteiger partial charge on any atom is 0.119 e. The van der Waals surface area contributed by atoms with Crippen molar-refractivity contribution in [1.29, 1.82) is 0 Å². The summed E-state index contributed by atoms with van der Waals surface area (Å²) in [5, 5.41) is 0. The van der Waals surface area contributed by atoms with E-state index in [1.165, 1.54) is 83.5 Å². The van der Waals surface area contributed by atoms with Gasteiger partial charge in [-0.1, -0.05) is 50.9 Å². The Morgan fingerprint density at radius 3 is 2.14 bits per heavy atom. The summed E-state index contributed by atoms with van der Waals surface area (Å²) in [5.74, 6) is 10.3. The first-order chi connectivity index (χ1) is 14.2. The molecule has 4 fully saturated rings. The fourth-order valence-electron chi connectivity index (χ4n) is 6.58. The lowest BCUT2D eigenvalue weighted by atomic mass is 9.48. The van der Waals surface area contributed by atoms with Crippen LogP contribution in [-0.2, 0) is 0 Å².